The third kappa shape index (κ3) is 3.56. The molecule has 14 heavy (non-hydrogen) atoms. The smallest absolute Gasteiger partial charge is 0.0644 e. The van der Waals surface area contributed by atoms with E-state index in [-0.39, 0.29) is 5.54 Å². The van der Waals surface area contributed by atoms with Crippen LogP contribution in [-0.4, -0.2) is 39.5 Å². The number of rotatable bonds is 6. The Morgan fingerprint density at radius 1 is 1.21 bits per heavy atom. The SMILES string of the molecule is COCCCC1(COC)CCCCN1. The van der Waals surface area contributed by atoms with Crippen LogP contribution in [0.2, 0.25) is 0 Å². The summed E-state index contributed by atoms with van der Waals surface area (Å²) >= 11 is 0. The first-order valence-electron chi connectivity index (χ1n) is 5.56. The number of piperidine rings is 1. The van der Waals surface area contributed by atoms with Gasteiger partial charge in [0.05, 0.1) is 6.61 Å². The molecule has 3 heteroatoms. The van der Waals surface area contributed by atoms with Gasteiger partial charge in [0.25, 0.3) is 0 Å². The van der Waals surface area contributed by atoms with Crippen molar-refractivity contribution in [2.75, 3.05) is 34.0 Å². The molecule has 1 unspecified atom stereocenters. The Balaban J connectivity index is 2.34. The first kappa shape index (κ1) is 12.0. The van der Waals surface area contributed by atoms with Crippen LogP contribution in [0.15, 0.2) is 0 Å². The van der Waals surface area contributed by atoms with Crippen LogP contribution < -0.4 is 5.32 Å². The van der Waals surface area contributed by atoms with Gasteiger partial charge in [0.2, 0.25) is 0 Å². The Bertz CT molecular complexity index is 139. The molecule has 0 aromatic carbocycles. The fraction of sp³-hybridized carbons (Fsp3) is 1.00. The van der Waals surface area contributed by atoms with Gasteiger partial charge in [0.1, 0.15) is 0 Å². The lowest BCUT2D eigenvalue weighted by Crippen LogP contribution is -2.52. The van der Waals surface area contributed by atoms with E-state index < -0.39 is 0 Å². The normalized spacial score (nSPS) is 27.9. The van der Waals surface area contributed by atoms with Crippen molar-refractivity contribution in [3.05, 3.63) is 0 Å². The molecule has 1 fully saturated rings. The van der Waals surface area contributed by atoms with Gasteiger partial charge in [0.15, 0.2) is 0 Å². The molecular formula is C11H23NO2. The van der Waals surface area contributed by atoms with E-state index in [1.165, 1.54) is 19.3 Å². The molecule has 0 saturated carbocycles. The Morgan fingerprint density at radius 2 is 2.07 bits per heavy atom. The van der Waals surface area contributed by atoms with Crippen LogP contribution in [-0.2, 0) is 9.47 Å². The average molecular weight is 201 g/mol. The number of ether oxygens (including phenoxy) is 2. The highest BCUT2D eigenvalue weighted by Crippen LogP contribution is 2.24. The number of nitrogens with one attached hydrogen (secondary N) is 1. The molecule has 0 radical (unpaired) electrons. The van der Waals surface area contributed by atoms with Crippen LogP contribution in [0.3, 0.4) is 0 Å². The van der Waals surface area contributed by atoms with Gasteiger partial charge in [-0.2, -0.15) is 0 Å². The Morgan fingerprint density at radius 3 is 2.64 bits per heavy atom. The topological polar surface area (TPSA) is 30.5 Å². The minimum Gasteiger partial charge on any atom is -0.385 e. The predicted octanol–water partition coefficient (Wildman–Crippen LogP) is 1.57. The molecule has 0 aliphatic carbocycles. The molecule has 1 aliphatic heterocycles. The molecule has 1 saturated heterocycles. The quantitative estimate of drug-likeness (QED) is 0.662. The zero-order chi connectivity index (χ0) is 10.3. The lowest BCUT2D eigenvalue weighted by molar-refractivity contribution is 0.0748. The first-order chi connectivity index (χ1) is 6.83. The van der Waals surface area contributed by atoms with Crippen molar-refractivity contribution >= 4 is 0 Å². The molecular weight excluding hydrogens is 178 g/mol. The van der Waals surface area contributed by atoms with Crippen molar-refractivity contribution in [1.82, 2.24) is 5.32 Å². The van der Waals surface area contributed by atoms with E-state index in [1.807, 2.05) is 0 Å². The van der Waals surface area contributed by atoms with Crippen LogP contribution in [0.5, 0.6) is 0 Å². The summed E-state index contributed by atoms with van der Waals surface area (Å²) in [5.41, 5.74) is 0.228. The van der Waals surface area contributed by atoms with Crippen LogP contribution in [0.25, 0.3) is 0 Å². The van der Waals surface area contributed by atoms with Crippen LogP contribution in [0.4, 0.5) is 0 Å². The molecule has 1 atom stereocenters. The fourth-order valence-electron chi connectivity index (χ4n) is 2.27. The second-order valence-corrected chi connectivity index (χ2v) is 4.19. The van der Waals surface area contributed by atoms with E-state index in [2.05, 4.69) is 5.32 Å². The van der Waals surface area contributed by atoms with E-state index in [0.29, 0.717) is 0 Å². The molecule has 1 rings (SSSR count). The maximum Gasteiger partial charge on any atom is 0.0644 e. The molecule has 1 aliphatic rings. The molecule has 0 spiro atoms. The van der Waals surface area contributed by atoms with Crippen molar-refractivity contribution in [3.8, 4) is 0 Å². The zero-order valence-electron chi connectivity index (χ0n) is 9.47. The predicted molar refractivity (Wildman–Crippen MR) is 57.6 cm³/mol. The minimum absolute atomic E-state index is 0.228. The number of methoxy groups -OCH3 is 2. The molecule has 84 valence electrons. The second kappa shape index (κ2) is 6.38. The fourth-order valence-corrected chi connectivity index (χ4v) is 2.27. The maximum atomic E-state index is 5.31. The van der Waals surface area contributed by atoms with Gasteiger partial charge in [-0.3, -0.25) is 0 Å². The standard InChI is InChI=1S/C11H23NO2/c1-13-9-5-7-11(10-14-2)6-3-4-8-12-11/h12H,3-10H2,1-2H3. The zero-order valence-corrected chi connectivity index (χ0v) is 9.47. The van der Waals surface area contributed by atoms with E-state index in [0.717, 1.165) is 32.6 Å². The average Bonchev–Trinajstić information content (AvgIpc) is 2.20. The maximum absolute atomic E-state index is 5.31. The summed E-state index contributed by atoms with van der Waals surface area (Å²) in [6.45, 7) is 2.82. The van der Waals surface area contributed by atoms with E-state index in [4.69, 9.17) is 9.47 Å². The van der Waals surface area contributed by atoms with Crippen molar-refractivity contribution in [2.24, 2.45) is 0 Å². The van der Waals surface area contributed by atoms with Crippen molar-refractivity contribution in [1.29, 1.82) is 0 Å². The molecule has 0 aromatic heterocycles. The highest BCUT2D eigenvalue weighted by molar-refractivity contribution is 4.90. The number of hydrogen-bond acceptors (Lipinski definition) is 3. The summed E-state index contributed by atoms with van der Waals surface area (Å²) in [5.74, 6) is 0. The third-order valence-electron chi connectivity index (χ3n) is 3.01. The number of hydrogen-bond donors (Lipinski definition) is 1. The van der Waals surface area contributed by atoms with Crippen molar-refractivity contribution in [2.45, 2.75) is 37.6 Å². The van der Waals surface area contributed by atoms with Crippen LogP contribution >= 0.6 is 0 Å². The highest BCUT2D eigenvalue weighted by atomic mass is 16.5. The monoisotopic (exact) mass is 201 g/mol. The van der Waals surface area contributed by atoms with Gasteiger partial charge in [-0.1, -0.05) is 6.42 Å². The molecule has 0 bridgehead atoms. The van der Waals surface area contributed by atoms with E-state index >= 15 is 0 Å². The van der Waals surface area contributed by atoms with Gasteiger partial charge in [0, 0.05) is 26.4 Å². The molecule has 1 heterocycles. The first-order valence-corrected chi connectivity index (χ1v) is 5.56. The highest BCUT2D eigenvalue weighted by Gasteiger charge is 2.30. The summed E-state index contributed by atoms with van der Waals surface area (Å²) < 4.78 is 10.4. The molecule has 1 N–H and O–H groups in total. The largest absolute Gasteiger partial charge is 0.385 e. The minimum atomic E-state index is 0.228. The summed E-state index contributed by atoms with van der Waals surface area (Å²) in [4.78, 5) is 0. The summed E-state index contributed by atoms with van der Waals surface area (Å²) in [6, 6.07) is 0. The van der Waals surface area contributed by atoms with E-state index in [1.54, 1.807) is 14.2 Å². The molecule has 0 aromatic rings. The Kier molecular flexibility index (Phi) is 5.45. The lowest BCUT2D eigenvalue weighted by Gasteiger charge is -2.38. The summed E-state index contributed by atoms with van der Waals surface area (Å²) in [7, 11) is 3.55. The Hall–Kier alpha value is -0.120. The van der Waals surface area contributed by atoms with Crippen molar-refractivity contribution < 1.29 is 9.47 Å². The van der Waals surface area contributed by atoms with Gasteiger partial charge in [-0.25, -0.2) is 0 Å². The van der Waals surface area contributed by atoms with Crippen LogP contribution in [0, 0.1) is 0 Å². The van der Waals surface area contributed by atoms with Gasteiger partial charge < -0.3 is 14.8 Å². The van der Waals surface area contributed by atoms with E-state index in [9.17, 15) is 0 Å². The Labute approximate surface area is 87.2 Å². The summed E-state index contributed by atoms with van der Waals surface area (Å²) in [6.07, 6.45) is 6.14. The molecule has 3 nitrogen and oxygen atoms in total. The van der Waals surface area contributed by atoms with Crippen molar-refractivity contribution in [3.63, 3.8) is 0 Å². The second-order valence-electron chi connectivity index (χ2n) is 4.19. The van der Waals surface area contributed by atoms with Crippen LogP contribution in [0.1, 0.15) is 32.1 Å². The van der Waals surface area contributed by atoms with Gasteiger partial charge in [-0.15, -0.1) is 0 Å². The molecule has 0 amide bonds. The lowest BCUT2D eigenvalue weighted by atomic mass is 9.85. The van der Waals surface area contributed by atoms with Gasteiger partial charge in [-0.05, 0) is 32.2 Å². The summed E-state index contributed by atoms with van der Waals surface area (Å²) in [5, 5.41) is 3.61. The third-order valence-corrected chi connectivity index (χ3v) is 3.01. The van der Waals surface area contributed by atoms with Gasteiger partial charge >= 0.3 is 0 Å².